The Balaban J connectivity index is 0.839. The molecule has 0 unspecified atom stereocenters. The lowest BCUT2D eigenvalue weighted by molar-refractivity contribution is -0.136. The molecule has 54 heavy (non-hydrogen) atoms. The number of rotatable bonds is 13. The van der Waals surface area contributed by atoms with Gasteiger partial charge >= 0.3 is 6.03 Å². The van der Waals surface area contributed by atoms with Crippen molar-refractivity contribution in [1.29, 1.82) is 0 Å². The molecule has 0 aliphatic carbocycles. The molecule has 3 aromatic carbocycles. The van der Waals surface area contributed by atoms with Gasteiger partial charge in [-0.05, 0) is 79.5 Å². The number of hydrogen-bond donors (Lipinski definition) is 4. The van der Waals surface area contributed by atoms with Crippen molar-refractivity contribution in [2.45, 2.75) is 88.1 Å². The largest absolute Gasteiger partial charge is 0.374 e. The van der Waals surface area contributed by atoms with Crippen LogP contribution >= 0.6 is 0 Å². The minimum absolute atomic E-state index is 0.00363. The van der Waals surface area contributed by atoms with Crippen molar-refractivity contribution in [1.82, 2.24) is 20.4 Å². The minimum Gasteiger partial charge on any atom is -0.374 e. The number of unbranched alkanes of at least 4 members (excludes halogenated alkanes) is 1. The summed E-state index contributed by atoms with van der Waals surface area (Å²) < 4.78 is 5.82. The molecule has 7 rings (SSSR count). The van der Waals surface area contributed by atoms with Crippen LogP contribution in [0.2, 0.25) is 0 Å². The number of ether oxygens (including phenoxy) is 1. The van der Waals surface area contributed by atoms with Gasteiger partial charge in [-0.3, -0.25) is 19.2 Å². The van der Waals surface area contributed by atoms with E-state index < -0.39 is 12.1 Å². The maximum atomic E-state index is 13.2. The molecule has 4 saturated heterocycles. The molecule has 0 radical (unpaired) electrons. The lowest BCUT2D eigenvalue weighted by Gasteiger charge is -2.24. The third kappa shape index (κ3) is 8.99. The van der Waals surface area contributed by atoms with Crippen molar-refractivity contribution in [3.8, 4) is 0 Å². The summed E-state index contributed by atoms with van der Waals surface area (Å²) >= 11 is 0. The van der Waals surface area contributed by atoms with Gasteiger partial charge in [0.05, 0.1) is 31.2 Å². The summed E-state index contributed by atoms with van der Waals surface area (Å²) in [6.45, 7) is 1.68. The Kier molecular flexibility index (Phi) is 11.7. The molecule has 12 nitrogen and oxygen atoms in total. The minimum atomic E-state index is -0.484. The molecule has 0 saturated carbocycles. The van der Waals surface area contributed by atoms with E-state index in [1.807, 2.05) is 91.0 Å². The molecular weight excluding hydrogens is 684 g/mol. The Morgan fingerprint density at radius 1 is 0.722 bits per heavy atom. The lowest BCUT2D eigenvalue weighted by Crippen LogP contribution is -2.43. The summed E-state index contributed by atoms with van der Waals surface area (Å²) in [6.07, 6.45) is 9.75. The van der Waals surface area contributed by atoms with Crippen LogP contribution in [0.25, 0.3) is 12.2 Å². The van der Waals surface area contributed by atoms with Crippen LogP contribution in [0.1, 0.15) is 68.1 Å². The number of nitrogens with zero attached hydrogens (tertiary/aromatic N) is 2. The Bertz CT molecular complexity index is 1850. The zero-order chi connectivity index (χ0) is 37.4. The SMILES string of the molecule is O=C1N[C@H]2[C@H](CO[C@H]2CCCCC(=O)N2CCC[C@H]2C(=O)Nc2ccc(/C=C/c3ccc(NC(=O)[C@@H]4CCCN4C(=O)Cc4ccccc4)cc3)cc2)N1. The molecule has 6 amide bonds. The van der Waals surface area contributed by atoms with Crippen molar-refractivity contribution in [2.24, 2.45) is 0 Å². The second-order valence-electron chi connectivity index (χ2n) is 14.6. The molecule has 4 fully saturated rings. The fourth-order valence-electron chi connectivity index (χ4n) is 7.95. The van der Waals surface area contributed by atoms with Crippen molar-refractivity contribution in [3.05, 3.63) is 95.6 Å². The van der Waals surface area contributed by atoms with Gasteiger partial charge in [-0.1, -0.05) is 73.2 Å². The van der Waals surface area contributed by atoms with E-state index in [2.05, 4.69) is 21.3 Å². The van der Waals surface area contributed by atoms with E-state index in [1.54, 1.807) is 9.80 Å². The summed E-state index contributed by atoms with van der Waals surface area (Å²) in [5, 5.41) is 11.8. The molecule has 0 aromatic heterocycles. The number of likely N-dealkylation sites (tertiary alicyclic amines) is 2. The van der Waals surface area contributed by atoms with Crippen molar-refractivity contribution in [2.75, 3.05) is 30.3 Å². The normalized spacial score (nSPS) is 23.3. The Morgan fingerprint density at radius 3 is 1.89 bits per heavy atom. The second kappa shape index (κ2) is 17.1. The number of carbonyl (C=O) groups excluding carboxylic acids is 5. The average molecular weight is 733 g/mol. The highest BCUT2D eigenvalue weighted by molar-refractivity contribution is 5.98. The van der Waals surface area contributed by atoms with Crippen LogP contribution in [0, 0.1) is 0 Å². The smallest absolute Gasteiger partial charge is 0.315 e. The van der Waals surface area contributed by atoms with Crippen molar-refractivity contribution < 1.29 is 28.7 Å². The average Bonchev–Trinajstić information content (AvgIpc) is 4.00. The highest BCUT2D eigenvalue weighted by Gasteiger charge is 2.43. The highest BCUT2D eigenvalue weighted by Crippen LogP contribution is 2.26. The molecule has 3 aromatic rings. The first-order valence-corrected chi connectivity index (χ1v) is 19.1. The van der Waals surface area contributed by atoms with E-state index in [0.717, 1.165) is 42.4 Å². The third-order valence-corrected chi connectivity index (χ3v) is 10.8. The van der Waals surface area contributed by atoms with Gasteiger partial charge in [-0.15, -0.1) is 0 Å². The van der Waals surface area contributed by atoms with Crippen molar-refractivity contribution >= 4 is 53.2 Å². The molecule has 5 atom stereocenters. The second-order valence-corrected chi connectivity index (χ2v) is 14.6. The van der Waals surface area contributed by atoms with Gasteiger partial charge < -0.3 is 35.8 Å². The van der Waals surface area contributed by atoms with Gasteiger partial charge in [0.2, 0.25) is 23.6 Å². The molecule has 4 heterocycles. The van der Waals surface area contributed by atoms with E-state index in [0.29, 0.717) is 56.8 Å². The van der Waals surface area contributed by atoms with Gasteiger partial charge in [0.1, 0.15) is 12.1 Å². The van der Waals surface area contributed by atoms with Gasteiger partial charge in [-0.25, -0.2) is 4.79 Å². The molecule has 4 N–H and O–H groups in total. The van der Waals surface area contributed by atoms with Gasteiger partial charge in [0.25, 0.3) is 0 Å². The predicted octanol–water partition coefficient (Wildman–Crippen LogP) is 4.97. The first-order valence-electron chi connectivity index (χ1n) is 19.1. The zero-order valence-electron chi connectivity index (χ0n) is 30.4. The summed E-state index contributed by atoms with van der Waals surface area (Å²) in [6, 6.07) is 23.6. The Hall–Kier alpha value is -5.49. The maximum absolute atomic E-state index is 13.2. The summed E-state index contributed by atoms with van der Waals surface area (Å²) in [5.74, 6) is -0.381. The summed E-state index contributed by atoms with van der Waals surface area (Å²) in [5.41, 5.74) is 4.19. The van der Waals surface area contributed by atoms with E-state index in [9.17, 15) is 24.0 Å². The van der Waals surface area contributed by atoms with Crippen LogP contribution in [0.3, 0.4) is 0 Å². The Labute approximate surface area is 315 Å². The number of nitrogens with one attached hydrogen (secondary N) is 4. The van der Waals surface area contributed by atoms with Crippen LogP contribution in [0.15, 0.2) is 78.9 Å². The van der Waals surface area contributed by atoms with Gasteiger partial charge in [0.15, 0.2) is 0 Å². The van der Waals surface area contributed by atoms with Crippen LogP contribution in [0.4, 0.5) is 16.2 Å². The molecule has 282 valence electrons. The molecule has 0 bridgehead atoms. The van der Waals surface area contributed by atoms with Gasteiger partial charge in [-0.2, -0.15) is 0 Å². The zero-order valence-corrected chi connectivity index (χ0v) is 30.4. The predicted molar refractivity (Wildman–Crippen MR) is 206 cm³/mol. The van der Waals surface area contributed by atoms with Crippen LogP contribution in [0.5, 0.6) is 0 Å². The number of carbonyl (C=O) groups is 5. The number of hydrogen-bond acceptors (Lipinski definition) is 6. The number of fused-ring (bicyclic) bond motifs is 1. The number of amides is 6. The fraction of sp³-hybridized carbons (Fsp3) is 0.405. The van der Waals surface area contributed by atoms with Crippen molar-refractivity contribution in [3.63, 3.8) is 0 Å². The van der Waals surface area contributed by atoms with Gasteiger partial charge in [0, 0.05) is 30.9 Å². The standard InChI is InChI=1S/C42H48N6O6/c49-37(13-5-4-12-36-39-33(27-54-36)45-42(53)46-39)47-24-6-10-34(47)40(51)43-31-20-16-28(17-21-31)14-15-29-18-22-32(23-19-29)44-41(52)35-11-7-25-48(35)38(50)26-30-8-2-1-3-9-30/h1-3,8-9,14-23,33-36,39H,4-7,10-13,24-27H2,(H,43,51)(H,44,52)(H2,45,46,53)/b15-14+/t33-,34-,35-,36-,39-/m0/s1. The monoisotopic (exact) mass is 732 g/mol. The first kappa shape index (κ1) is 36.9. The Morgan fingerprint density at radius 2 is 1.30 bits per heavy atom. The highest BCUT2D eigenvalue weighted by atomic mass is 16.5. The summed E-state index contributed by atoms with van der Waals surface area (Å²) in [4.78, 5) is 67.4. The molecule has 4 aliphatic rings. The van der Waals surface area contributed by atoms with Crippen LogP contribution < -0.4 is 21.3 Å². The lowest BCUT2D eigenvalue weighted by atomic mass is 10.0. The first-order chi connectivity index (χ1) is 26.3. The van der Waals surface area contributed by atoms with E-state index in [-0.39, 0.29) is 54.3 Å². The van der Waals surface area contributed by atoms with Crippen LogP contribution in [-0.2, 0) is 30.3 Å². The summed E-state index contributed by atoms with van der Waals surface area (Å²) in [7, 11) is 0. The van der Waals surface area contributed by atoms with E-state index >= 15 is 0 Å². The number of urea groups is 1. The van der Waals surface area contributed by atoms with E-state index in [4.69, 9.17) is 4.74 Å². The molecule has 4 aliphatic heterocycles. The topological polar surface area (TPSA) is 149 Å². The molecule has 0 spiro atoms. The number of anilines is 2. The molecular formula is C42H48N6O6. The third-order valence-electron chi connectivity index (χ3n) is 10.8. The molecule has 12 heteroatoms. The number of benzene rings is 3. The van der Waals surface area contributed by atoms with Crippen LogP contribution in [-0.4, -0.2) is 89.4 Å². The van der Waals surface area contributed by atoms with E-state index in [1.165, 1.54) is 0 Å². The maximum Gasteiger partial charge on any atom is 0.315 e. The quantitative estimate of drug-likeness (QED) is 0.144. The fourth-order valence-corrected chi connectivity index (χ4v) is 7.95.